The van der Waals surface area contributed by atoms with Crippen molar-refractivity contribution in [3.8, 4) is 0 Å². The Morgan fingerprint density at radius 2 is 2.00 bits per heavy atom. The lowest BCUT2D eigenvalue weighted by atomic mass is 9.94. The number of amides is 1. The molecular formula is C12H21NO3. The number of ether oxygens (including phenoxy) is 1. The molecule has 1 rings (SSSR count). The lowest BCUT2D eigenvalue weighted by molar-refractivity contribution is -0.120. The molecular weight excluding hydrogens is 206 g/mol. The van der Waals surface area contributed by atoms with Crippen molar-refractivity contribution in [1.29, 1.82) is 0 Å². The van der Waals surface area contributed by atoms with Gasteiger partial charge >= 0.3 is 6.09 Å². The highest BCUT2D eigenvalue weighted by molar-refractivity contribution is 5.79. The summed E-state index contributed by atoms with van der Waals surface area (Å²) in [5.74, 6) is 0.292. The summed E-state index contributed by atoms with van der Waals surface area (Å²) >= 11 is 0. The van der Waals surface area contributed by atoms with E-state index >= 15 is 0 Å². The monoisotopic (exact) mass is 227 g/mol. The summed E-state index contributed by atoms with van der Waals surface area (Å²) in [6.07, 6.45) is 3.03. The highest BCUT2D eigenvalue weighted by atomic mass is 16.6. The minimum absolute atomic E-state index is 0.0952. The van der Waals surface area contributed by atoms with Crippen molar-refractivity contribution < 1.29 is 14.3 Å². The molecule has 1 saturated carbocycles. The van der Waals surface area contributed by atoms with E-state index in [-0.39, 0.29) is 12.1 Å². The minimum atomic E-state index is -0.422. The highest BCUT2D eigenvalue weighted by Gasteiger charge is 2.24. The molecule has 4 heteroatoms. The first-order valence-corrected chi connectivity index (χ1v) is 5.94. The van der Waals surface area contributed by atoms with Crippen LogP contribution in [0.25, 0.3) is 0 Å². The first kappa shape index (κ1) is 13.0. The van der Waals surface area contributed by atoms with Gasteiger partial charge in [-0.2, -0.15) is 0 Å². The summed E-state index contributed by atoms with van der Waals surface area (Å²) < 4.78 is 5.28. The molecule has 1 amide bonds. The molecule has 0 aromatic rings. The third-order valence-electron chi connectivity index (χ3n) is 3.09. The lowest BCUT2D eigenvalue weighted by Gasteiger charge is -2.27. The number of carbonyl (C=O) groups excluding carboxylic acids is 2. The Morgan fingerprint density at radius 3 is 2.50 bits per heavy atom. The molecule has 0 bridgehead atoms. The van der Waals surface area contributed by atoms with Gasteiger partial charge in [0.2, 0.25) is 0 Å². The molecule has 4 nitrogen and oxygen atoms in total. The maximum Gasteiger partial charge on any atom is 0.407 e. The van der Waals surface area contributed by atoms with Crippen LogP contribution in [0.15, 0.2) is 0 Å². The van der Waals surface area contributed by atoms with E-state index in [1.807, 2.05) is 20.8 Å². The zero-order valence-corrected chi connectivity index (χ0v) is 10.3. The molecule has 92 valence electrons. The second-order valence-electron chi connectivity index (χ2n) is 4.96. The zero-order chi connectivity index (χ0) is 12.2. The number of hydrogen-bond donors (Lipinski definition) is 1. The predicted octanol–water partition coefficient (Wildman–Crippen LogP) is 2.41. The molecule has 0 aromatic heterocycles. The van der Waals surface area contributed by atoms with E-state index in [4.69, 9.17) is 4.74 Å². The Morgan fingerprint density at radius 1 is 1.44 bits per heavy atom. The predicted molar refractivity (Wildman–Crippen MR) is 61.2 cm³/mol. The van der Waals surface area contributed by atoms with Crippen LogP contribution < -0.4 is 5.32 Å². The van der Waals surface area contributed by atoms with E-state index in [0.717, 1.165) is 19.3 Å². The lowest BCUT2D eigenvalue weighted by Crippen LogP contribution is -2.41. The number of nitrogens with one attached hydrogen (secondary N) is 1. The topological polar surface area (TPSA) is 55.4 Å². The number of rotatable bonds is 3. The quantitative estimate of drug-likeness (QED) is 0.805. The molecule has 0 aliphatic heterocycles. The fourth-order valence-electron chi connectivity index (χ4n) is 1.60. The van der Waals surface area contributed by atoms with Crippen molar-refractivity contribution >= 4 is 11.9 Å². The molecule has 0 aromatic carbocycles. The van der Waals surface area contributed by atoms with Crippen molar-refractivity contribution in [2.24, 2.45) is 0 Å². The summed E-state index contributed by atoms with van der Waals surface area (Å²) in [6, 6.07) is 0.0952. The number of alkyl carbamates (subject to hydrolysis) is 1. The largest absolute Gasteiger partial charge is 0.444 e. The van der Waals surface area contributed by atoms with Crippen LogP contribution >= 0.6 is 0 Å². The van der Waals surface area contributed by atoms with Crippen molar-refractivity contribution in [3.63, 3.8) is 0 Å². The molecule has 0 saturated heterocycles. The summed E-state index contributed by atoms with van der Waals surface area (Å²) in [6.45, 7) is 5.75. The maximum atomic E-state index is 11.5. The first-order chi connectivity index (χ1) is 7.43. The van der Waals surface area contributed by atoms with E-state index in [9.17, 15) is 9.59 Å². The molecule has 0 atom stereocenters. The maximum absolute atomic E-state index is 11.5. The Labute approximate surface area is 96.7 Å². The van der Waals surface area contributed by atoms with Gasteiger partial charge in [-0.1, -0.05) is 6.92 Å². The van der Waals surface area contributed by atoms with Crippen LogP contribution in [0.4, 0.5) is 4.79 Å². The van der Waals surface area contributed by atoms with Gasteiger partial charge in [-0.05, 0) is 33.1 Å². The van der Waals surface area contributed by atoms with Gasteiger partial charge in [-0.25, -0.2) is 4.79 Å². The molecule has 16 heavy (non-hydrogen) atoms. The number of Topliss-reactive ketones (excluding diaryl/α,β-unsaturated/α-hetero) is 1. The van der Waals surface area contributed by atoms with E-state index in [1.54, 1.807) is 0 Å². The number of hydrogen-bond acceptors (Lipinski definition) is 3. The van der Waals surface area contributed by atoms with Crippen LogP contribution in [-0.2, 0) is 9.53 Å². The smallest absolute Gasteiger partial charge is 0.407 e. The van der Waals surface area contributed by atoms with Crippen molar-refractivity contribution in [1.82, 2.24) is 5.32 Å². The van der Waals surface area contributed by atoms with Crippen LogP contribution in [0.1, 0.15) is 52.9 Å². The van der Waals surface area contributed by atoms with Gasteiger partial charge in [0, 0.05) is 18.9 Å². The zero-order valence-electron chi connectivity index (χ0n) is 10.3. The van der Waals surface area contributed by atoms with Gasteiger partial charge in [0.1, 0.15) is 11.4 Å². The Kier molecular flexibility index (Phi) is 4.33. The molecule has 1 N–H and O–H groups in total. The van der Waals surface area contributed by atoms with Crippen LogP contribution in [0, 0.1) is 0 Å². The molecule has 0 heterocycles. The average Bonchev–Trinajstić information content (AvgIpc) is 2.21. The SMILES string of the molecule is CCC(C)(C)OC(=O)NC1CCC(=O)CC1. The average molecular weight is 227 g/mol. The van der Waals surface area contributed by atoms with Crippen molar-refractivity contribution in [3.05, 3.63) is 0 Å². The Balaban J connectivity index is 2.32. The van der Waals surface area contributed by atoms with E-state index in [2.05, 4.69) is 5.32 Å². The van der Waals surface area contributed by atoms with Crippen LogP contribution in [-0.4, -0.2) is 23.5 Å². The van der Waals surface area contributed by atoms with Gasteiger partial charge in [-0.3, -0.25) is 4.79 Å². The van der Waals surface area contributed by atoms with Gasteiger partial charge in [-0.15, -0.1) is 0 Å². The molecule has 1 aliphatic carbocycles. The first-order valence-electron chi connectivity index (χ1n) is 5.94. The molecule has 1 aliphatic rings. The molecule has 0 unspecified atom stereocenters. The van der Waals surface area contributed by atoms with Gasteiger partial charge in [0.15, 0.2) is 0 Å². The molecule has 0 radical (unpaired) electrons. The fraction of sp³-hybridized carbons (Fsp3) is 0.833. The van der Waals surface area contributed by atoms with Crippen molar-refractivity contribution in [2.75, 3.05) is 0 Å². The second kappa shape index (κ2) is 5.32. The fourth-order valence-corrected chi connectivity index (χ4v) is 1.60. The van der Waals surface area contributed by atoms with Gasteiger partial charge in [0.25, 0.3) is 0 Å². The van der Waals surface area contributed by atoms with Gasteiger partial charge in [0.05, 0.1) is 0 Å². The van der Waals surface area contributed by atoms with Crippen LogP contribution in [0.3, 0.4) is 0 Å². The Bertz CT molecular complexity index is 263. The third kappa shape index (κ3) is 4.21. The summed E-state index contributed by atoms with van der Waals surface area (Å²) in [4.78, 5) is 22.6. The van der Waals surface area contributed by atoms with E-state index in [0.29, 0.717) is 18.6 Å². The Hall–Kier alpha value is -1.06. The third-order valence-corrected chi connectivity index (χ3v) is 3.09. The highest BCUT2D eigenvalue weighted by Crippen LogP contribution is 2.17. The molecule has 0 spiro atoms. The van der Waals surface area contributed by atoms with Crippen LogP contribution in [0.5, 0.6) is 0 Å². The number of ketones is 1. The number of carbonyl (C=O) groups is 2. The van der Waals surface area contributed by atoms with Gasteiger partial charge < -0.3 is 10.1 Å². The van der Waals surface area contributed by atoms with E-state index < -0.39 is 5.60 Å². The summed E-state index contributed by atoms with van der Waals surface area (Å²) in [5.41, 5.74) is -0.422. The summed E-state index contributed by atoms with van der Waals surface area (Å²) in [7, 11) is 0. The van der Waals surface area contributed by atoms with Crippen LogP contribution in [0.2, 0.25) is 0 Å². The van der Waals surface area contributed by atoms with Crippen molar-refractivity contribution in [2.45, 2.75) is 64.5 Å². The minimum Gasteiger partial charge on any atom is -0.444 e. The molecule has 1 fully saturated rings. The normalized spacial score (nSPS) is 18.3. The van der Waals surface area contributed by atoms with E-state index in [1.165, 1.54) is 0 Å². The second-order valence-corrected chi connectivity index (χ2v) is 4.96. The standard InChI is InChI=1S/C12H21NO3/c1-4-12(2,3)16-11(15)13-9-5-7-10(14)8-6-9/h9H,4-8H2,1-3H3,(H,13,15). The summed E-state index contributed by atoms with van der Waals surface area (Å²) in [5, 5.41) is 2.82.